The molecular formula is C23H28N2O3. The van der Waals surface area contributed by atoms with Gasteiger partial charge in [0.05, 0.1) is 18.2 Å². The average Bonchev–Trinajstić information content (AvgIpc) is 3.34. The van der Waals surface area contributed by atoms with Crippen LogP contribution in [0, 0.1) is 5.92 Å². The predicted octanol–water partition coefficient (Wildman–Crippen LogP) is 2.55. The van der Waals surface area contributed by atoms with E-state index >= 15 is 0 Å². The second-order valence-corrected chi connectivity index (χ2v) is 8.93. The Morgan fingerprint density at radius 1 is 1.18 bits per heavy atom. The van der Waals surface area contributed by atoms with Gasteiger partial charge in [0.2, 0.25) is 11.8 Å². The van der Waals surface area contributed by atoms with Crippen molar-refractivity contribution < 1.29 is 14.7 Å². The maximum Gasteiger partial charge on any atom is 0.225 e. The molecule has 1 aromatic carbocycles. The molecule has 0 unspecified atom stereocenters. The summed E-state index contributed by atoms with van der Waals surface area (Å²) in [5.74, 6) is 0.510. The van der Waals surface area contributed by atoms with Crippen LogP contribution in [-0.4, -0.2) is 58.0 Å². The monoisotopic (exact) mass is 380 g/mol. The lowest BCUT2D eigenvalue weighted by Crippen LogP contribution is -2.85. The number of hydrogen-bond acceptors (Lipinski definition) is 3. The van der Waals surface area contributed by atoms with Crippen LogP contribution in [0.4, 0.5) is 0 Å². The number of aliphatic hydroxyl groups is 1. The second kappa shape index (κ2) is 6.45. The van der Waals surface area contributed by atoms with Gasteiger partial charge in [0.1, 0.15) is 0 Å². The van der Waals surface area contributed by atoms with Crippen molar-refractivity contribution >= 4 is 17.4 Å². The van der Waals surface area contributed by atoms with Gasteiger partial charge in [0, 0.05) is 31.8 Å². The van der Waals surface area contributed by atoms with Gasteiger partial charge in [-0.2, -0.15) is 0 Å². The van der Waals surface area contributed by atoms with E-state index in [1.54, 1.807) is 6.92 Å². The summed E-state index contributed by atoms with van der Waals surface area (Å²) in [6.45, 7) is 2.71. The molecule has 2 heterocycles. The zero-order valence-electron chi connectivity index (χ0n) is 16.4. The fourth-order valence-corrected chi connectivity index (χ4v) is 5.72. The zero-order valence-corrected chi connectivity index (χ0v) is 16.4. The summed E-state index contributed by atoms with van der Waals surface area (Å²) >= 11 is 0. The molecule has 2 saturated heterocycles. The van der Waals surface area contributed by atoms with Crippen molar-refractivity contribution in [2.24, 2.45) is 5.92 Å². The highest BCUT2D eigenvalue weighted by Gasteiger charge is 2.67. The van der Waals surface area contributed by atoms with Gasteiger partial charge in [-0.05, 0) is 48.8 Å². The van der Waals surface area contributed by atoms with Crippen molar-refractivity contribution in [3.05, 3.63) is 41.5 Å². The maximum atomic E-state index is 12.4. The number of aliphatic hydroxyl groups excluding tert-OH is 1. The van der Waals surface area contributed by atoms with Gasteiger partial charge in [-0.15, -0.1) is 0 Å². The topological polar surface area (TPSA) is 60.9 Å². The van der Waals surface area contributed by atoms with Crippen molar-refractivity contribution in [2.75, 3.05) is 19.7 Å². The van der Waals surface area contributed by atoms with E-state index in [2.05, 4.69) is 30.3 Å². The van der Waals surface area contributed by atoms with Crippen LogP contribution in [-0.2, 0) is 9.59 Å². The average molecular weight is 380 g/mol. The Morgan fingerprint density at radius 3 is 2.43 bits per heavy atom. The highest BCUT2D eigenvalue weighted by Crippen LogP contribution is 2.54. The molecule has 28 heavy (non-hydrogen) atoms. The summed E-state index contributed by atoms with van der Waals surface area (Å²) < 4.78 is 0. The van der Waals surface area contributed by atoms with E-state index < -0.39 is 0 Å². The van der Waals surface area contributed by atoms with Gasteiger partial charge < -0.3 is 14.9 Å². The van der Waals surface area contributed by atoms with E-state index in [-0.39, 0.29) is 41.8 Å². The Hall–Kier alpha value is -2.14. The van der Waals surface area contributed by atoms with Crippen LogP contribution >= 0.6 is 0 Å². The minimum Gasteiger partial charge on any atom is -0.394 e. The van der Waals surface area contributed by atoms with Crippen LogP contribution in [0.25, 0.3) is 5.57 Å². The molecule has 2 atom stereocenters. The lowest BCUT2D eigenvalue weighted by molar-refractivity contribution is -0.202. The molecule has 0 aromatic heterocycles. The van der Waals surface area contributed by atoms with Crippen LogP contribution in [0.2, 0.25) is 0 Å². The lowest BCUT2D eigenvalue weighted by atomic mass is 9.60. The first-order valence-electron chi connectivity index (χ1n) is 10.5. The third kappa shape index (κ3) is 2.55. The number of likely N-dealkylation sites (tertiary alicyclic amines) is 2. The van der Waals surface area contributed by atoms with Crippen LogP contribution in [0.5, 0.6) is 0 Å². The molecule has 1 N–H and O–H groups in total. The molecule has 5 heteroatoms. The summed E-state index contributed by atoms with van der Waals surface area (Å²) in [5, 5.41) is 10.0. The summed E-state index contributed by atoms with van der Waals surface area (Å²) in [5.41, 5.74) is 3.51. The standard InChI is InChI=1S/C23H28N2O3/c1-15(27)25-20(12-26)21(23(25)13-24(14-23)22(28)19-10-11-19)18-8-6-17(7-9-18)16-4-2-3-5-16/h4,6-9,19-21,26H,2-3,5,10-14H2,1H3/t20-,21-/m1/s1. The number of hydrogen-bond donors (Lipinski definition) is 1. The summed E-state index contributed by atoms with van der Waals surface area (Å²) in [6, 6.07) is 8.47. The molecule has 5 nitrogen and oxygen atoms in total. The first-order chi connectivity index (χ1) is 13.5. The van der Waals surface area contributed by atoms with Gasteiger partial charge in [0.25, 0.3) is 0 Å². The fraction of sp³-hybridized carbons (Fsp3) is 0.565. The number of amides is 2. The molecule has 3 fully saturated rings. The molecule has 4 aliphatic rings. The number of allylic oxidation sites excluding steroid dienone is 2. The minimum atomic E-state index is -0.349. The van der Waals surface area contributed by atoms with E-state index in [1.165, 1.54) is 17.6 Å². The molecule has 1 aromatic rings. The van der Waals surface area contributed by atoms with Crippen molar-refractivity contribution in [2.45, 2.75) is 56.5 Å². The van der Waals surface area contributed by atoms with Crippen molar-refractivity contribution in [3.8, 4) is 0 Å². The lowest BCUT2D eigenvalue weighted by Gasteiger charge is -2.70. The first kappa shape index (κ1) is 17.9. The molecular weight excluding hydrogens is 352 g/mol. The first-order valence-corrected chi connectivity index (χ1v) is 10.5. The Morgan fingerprint density at radius 2 is 1.89 bits per heavy atom. The zero-order chi connectivity index (χ0) is 19.5. The van der Waals surface area contributed by atoms with Gasteiger partial charge in [-0.25, -0.2) is 0 Å². The third-order valence-corrected chi connectivity index (χ3v) is 7.15. The molecule has 5 rings (SSSR count). The van der Waals surface area contributed by atoms with Gasteiger partial charge >= 0.3 is 0 Å². The van der Waals surface area contributed by atoms with Crippen molar-refractivity contribution in [1.29, 1.82) is 0 Å². The Kier molecular flexibility index (Phi) is 4.13. The molecule has 2 aliphatic heterocycles. The van der Waals surface area contributed by atoms with Crippen LogP contribution < -0.4 is 0 Å². The molecule has 0 radical (unpaired) electrons. The Labute approximate surface area is 166 Å². The van der Waals surface area contributed by atoms with Crippen molar-refractivity contribution in [1.82, 2.24) is 9.80 Å². The van der Waals surface area contributed by atoms with E-state index in [0.29, 0.717) is 13.1 Å². The maximum absolute atomic E-state index is 12.4. The highest BCUT2D eigenvalue weighted by molar-refractivity contribution is 5.84. The Balaban J connectivity index is 1.41. The van der Waals surface area contributed by atoms with E-state index in [0.717, 1.165) is 31.2 Å². The number of nitrogens with zero attached hydrogens (tertiary/aromatic N) is 2. The fourth-order valence-electron chi connectivity index (χ4n) is 5.72. The number of rotatable bonds is 4. The number of carbonyl (C=O) groups is 2. The third-order valence-electron chi connectivity index (χ3n) is 7.15. The largest absolute Gasteiger partial charge is 0.394 e. The SMILES string of the molecule is CC(=O)N1[C@H](CO)[C@@H](c2ccc(C3=CCCC3)cc2)C12CN(C(=O)C1CC1)C2. The normalized spacial score (nSPS) is 28.0. The highest BCUT2D eigenvalue weighted by atomic mass is 16.3. The quantitative estimate of drug-likeness (QED) is 0.873. The van der Waals surface area contributed by atoms with E-state index in [4.69, 9.17) is 0 Å². The minimum absolute atomic E-state index is 0.0125. The number of carbonyl (C=O) groups excluding carboxylic acids is 2. The summed E-state index contributed by atoms with van der Waals surface area (Å²) in [4.78, 5) is 28.5. The molecule has 0 bridgehead atoms. The molecule has 2 amide bonds. The molecule has 2 aliphatic carbocycles. The smallest absolute Gasteiger partial charge is 0.225 e. The molecule has 148 valence electrons. The van der Waals surface area contributed by atoms with Crippen molar-refractivity contribution in [3.63, 3.8) is 0 Å². The summed E-state index contributed by atoms with van der Waals surface area (Å²) in [6.07, 6.45) is 7.85. The molecule has 1 spiro atoms. The van der Waals surface area contributed by atoms with Crippen LogP contribution in [0.15, 0.2) is 30.3 Å². The number of benzene rings is 1. The molecule has 1 saturated carbocycles. The Bertz CT molecular complexity index is 834. The van der Waals surface area contributed by atoms with Crippen LogP contribution in [0.3, 0.4) is 0 Å². The van der Waals surface area contributed by atoms with E-state index in [9.17, 15) is 14.7 Å². The second-order valence-electron chi connectivity index (χ2n) is 8.93. The van der Waals surface area contributed by atoms with Gasteiger partial charge in [-0.1, -0.05) is 30.3 Å². The summed E-state index contributed by atoms with van der Waals surface area (Å²) in [7, 11) is 0. The van der Waals surface area contributed by atoms with Crippen LogP contribution in [0.1, 0.15) is 56.1 Å². The predicted molar refractivity (Wildman–Crippen MR) is 106 cm³/mol. The van der Waals surface area contributed by atoms with Gasteiger partial charge in [-0.3, -0.25) is 9.59 Å². The van der Waals surface area contributed by atoms with Gasteiger partial charge in [0.15, 0.2) is 0 Å². The van der Waals surface area contributed by atoms with E-state index in [1.807, 2.05) is 9.80 Å².